The minimum absolute atomic E-state index is 0.0104. The van der Waals surface area contributed by atoms with Crippen molar-refractivity contribution in [3.8, 4) is 0 Å². The van der Waals surface area contributed by atoms with E-state index in [4.69, 9.17) is 0 Å². The summed E-state index contributed by atoms with van der Waals surface area (Å²) in [5.74, 6) is 0.0104. The third-order valence-electron chi connectivity index (χ3n) is 5.70. The topological polar surface area (TPSA) is 32.3 Å². The van der Waals surface area contributed by atoms with Gasteiger partial charge in [-0.3, -0.25) is 9.69 Å². The van der Waals surface area contributed by atoms with Crippen LogP contribution in [0.4, 0.5) is 0 Å². The van der Waals surface area contributed by atoms with Crippen LogP contribution in [0.1, 0.15) is 45.9 Å². The molecule has 0 bridgehead atoms. The van der Waals surface area contributed by atoms with E-state index in [1.807, 2.05) is 26.0 Å². The Kier molecular flexibility index (Phi) is 5.45. The van der Waals surface area contributed by atoms with Crippen LogP contribution in [0.2, 0.25) is 0 Å². The molecule has 3 heteroatoms. The predicted octanol–water partition coefficient (Wildman–Crippen LogP) is 5.02. The number of amides is 1. The van der Waals surface area contributed by atoms with Crippen molar-refractivity contribution in [1.82, 2.24) is 10.2 Å². The maximum Gasteiger partial charge on any atom is 0.251 e. The Bertz CT molecular complexity index is 963. The fraction of sp³-hybridized carbons (Fsp3) is 0.320. The molecule has 1 heterocycles. The number of nitrogens with zero attached hydrogens (tertiary/aromatic N) is 1. The van der Waals surface area contributed by atoms with Crippen LogP contribution in [0.3, 0.4) is 0 Å². The molecule has 3 aromatic carbocycles. The molecule has 0 aliphatic carbocycles. The zero-order chi connectivity index (χ0) is 19.5. The molecule has 1 aliphatic rings. The van der Waals surface area contributed by atoms with Crippen LogP contribution < -0.4 is 5.32 Å². The summed E-state index contributed by atoms with van der Waals surface area (Å²) >= 11 is 0. The molecule has 1 fully saturated rings. The molecule has 1 N–H and O–H groups in total. The summed E-state index contributed by atoms with van der Waals surface area (Å²) < 4.78 is 0. The highest BCUT2D eigenvalue weighted by molar-refractivity contribution is 5.94. The number of nitrogens with one attached hydrogen (secondary N) is 1. The van der Waals surface area contributed by atoms with Gasteiger partial charge in [0, 0.05) is 12.1 Å². The van der Waals surface area contributed by atoms with Gasteiger partial charge in [-0.05, 0) is 68.2 Å². The number of benzene rings is 3. The van der Waals surface area contributed by atoms with E-state index >= 15 is 0 Å². The lowest BCUT2D eigenvalue weighted by Gasteiger charge is -2.29. The second-order valence-corrected chi connectivity index (χ2v) is 7.91. The monoisotopic (exact) mass is 372 g/mol. The summed E-state index contributed by atoms with van der Waals surface area (Å²) in [6, 6.07) is 21.3. The molecule has 1 amide bonds. The molecular formula is C25H28N2O. The Morgan fingerprint density at radius 2 is 1.64 bits per heavy atom. The molecule has 0 unspecified atom stereocenters. The van der Waals surface area contributed by atoms with E-state index in [0.717, 1.165) is 29.8 Å². The van der Waals surface area contributed by atoms with Gasteiger partial charge in [0.2, 0.25) is 0 Å². The van der Waals surface area contributed by atoms with Crippen molar-refractivity contribution in [1.29, 1.82) is 0 Å². The van der Waals surface area contributed by atoms with E-state index < -0.39 is 0 Å². The third kappa shape index (κ3) is 3.95. The summed E-state index contributed by atoms with van der Waals surface area (Å²) in [7, 11) is 0. The van der Waals surface area contributed by atoms with Gasteiger partial charge in [0.15, 0.2) is 0 Å². The molecule has 4 rings (SSSR count). The number of rotatable bonds is 5. The maximum atomic E-state index is 12.8. The SMILES string of the molecule is Cc1cc(C)cc(C(=O)NC[C@@H](c2cccc3ccccc23)N2CCCC2)c1. The fourth-order valence-corrected chi connectivity index (χ4v) is 4.43. The molecule has 3 nitrogen and oxygen atoms in total. The molecule has 144 valence electrons. The summed E-state index contributed by atoms with van der Waals surface area (Å²) in [5.41, 5.74) is 4.29. The first-order valence-electron chi connectivity index (χ1n) is 10.2. The minimum Gasteiger partial charge on any atom is -0.350 e. The first-order valence-corrected chi connectivity index (χ1v) is 10.2. The van der Waals surface area contributed by atoms with Crippen LogP contribution in [0.25, 0.3) is 10.8 Å². The third-order valence-corrected chi connectivity index (χ3v) is 5.70. The van der Waals surface area contributed by atoms with E-state index in [-0.39, 0.29) is 11.9 Å². The van der Waals surface area contributed by atoms with Crippen molar-refractivity contribution >= 4 is 16.7 Å². The second-order valence-electron chi connectivity index (χ2n) is 7.91. The number of likely N-dealkylation sites (tertiary alicyclic amines) is 1. The van der Waals surface area contributed by atoms with Crippen LogP contribution in [0.5, 0.6) is 0 Å². The molecule has 1 atom stereocenters. The van der Waals surface area contributed by atoms with E-state index in [1.54, 1.807) is 0 Å². The van der Waals surface area contributed by atoms with Crippen molar-refractivity contribution in [3.63, 3.8) is 0 Å². The standard InChI is InChI=1S/C25H28N2O/c1-18-14-19(2)16-21(15-18)25(28)26-17-24(27-12-5-6-13-27)23-11-7-9-20-8-3-4-10-22(20)23/h3-4,7-11,14-16,24H,5-6,12-13,17H2,1-2H3,(H,26,28)/t24-/m0/s1. The van der Waals surface area contributed by atoms with E-state index in [9.17, 15) is 4.79 Å². The second kappa shape index (κ2) is 8.15. The quantitative estimate of drug-likeness (QED) is 0.682. The zero-order valence-corrected chi connectivity index (χ0v) is 16.7. The van der Waals surface area contributed by atoms with E-state index in [1.165, 1.54) is 29.2 Å². The largest absolute Gasteiger partial charge is 0.350 e. The highest BCUT2D eigenvalue weighted by Gasteiger charge is 2.25. The summed E-state index contributed by atoms with van der Waals surface area (Å²) in [5, 5.41) is 5.75. The minimum atomic E-state index is 0.0104. The van der Waals surface area contributed by atoms with Crippen molar-refractivity contribution < 1.29 is 4.79 Å². The van der Waals surface area contributed by atoms with Gasteiger partial charge >= 0.3 is 0 Å². The maximum absolute atomic E-state index is 12.8. The molecule has 3 aromatic rings. The molecule has 28 heavy (non-hydrogen) atoms. The summed E-state index contributed by atoms with van der Waals surface area (Å²) in [6.45, 7) is 6.88. The lowest BCUT2D eigenvalue weighted by Crippen LogP contribution is -2.37. The summed E-state index contributed by atoms with van der Waals surface area (Å²) in [6.07, 6.45) is 2.46. The van der Waals surface area contributed by atoms with Gasteiger partial charge in [-0.25, -0.2) is 0 Å². The fourth-order valence-electron chi connectivity index (χ4n) is 4.43. The van der Waals surface area contributed by atoms with Gasteiger partial charge in [0.1, 0.15) is 0 Å². The molecule has 1 saturated heterocycles. The van der Waals surface area contributed by atoms with Gasteiger partial charge < -0.3 is 5.32 Å². The lowest BCUT2D eigenvalue weighted by atomic mass is 9.97. The molecule has 0 saturated carbocycles. The van der Waals surface area contributed by atoms with Crippen molar-refractivity contribution in [2.45, 2.75) is 32.7 Å². The molecule has 0 aromatic heterocycles. The van der Waals surface area contributed by atoms with Crippen LogP contribution in [-0.2, 0) is 0 Å². The first-order chi connectivity index (χ1) is 13.6. The van der Waals surface area contributed by atoms with Gasteiger partial charge in [-0.2, -0.15) is 0 Å². The average Bonchev–Trinajstić information content (AvgIpc) is 3.22. The van der Waals surface area contributed by atoms with Gasteiger partial charge in [0.05, 0.1) is 6.04 Å². The van der Waals surface area contributed by atoms with Crippen LogP contribution in [0.15, 0.2) is 60.7 Å². The van der Waals surface area contributed by atoms with Gasteiger partial charge in [0.25, 0.3) is 5.91 Å². The number of carbonyl (C=O) groups excluding carboxylic acids is 1. The first kappa shape index (κ1) is 18.7. The number of carbonyl (C=O) groups is 1. The molecule has 0 spiro atoms. The number of hydrogen-bond acceptors (Lipinski definition) is 2. The van der Waals surface area contributed by atoms with E-state index in [2.05, 4.69) is 58.7 Å². The Balaban J connectivity index is 1.61. The van der Waals surface area contributed by atoms with Gasteiger partial charge in [-0.15, -0.1) is 0 Å². The highest BCUT2D eigenvalue weighted by Crippen LogP contribution is 2.30. The Morgan fingerprint density at radius 3 is 2.39 bits per heavy atom. The zero-order valence-electron chi connectivity index (χ0n) is 16.7. The molecule has 0 radical (unpaired) electrons. The lowest BCUT2D eigenvalue weighted by molar-refractivity contribution is 0.0938. The van der Waals surface area contributed by atoms with Crippen molar-refractivity contribution in [2.24, 2.45) is 0 Å². The van der Waals surface area contributed by atoms with Crippen LogP contribution in [-0.4, -0.2) is 30.4 Å². The Labute approximate surface area is 167 Å². The van der Waals surface area contributed by atoms with Crippen molar-refractivity contribution in [2.75, 3.05) is 19.6 Å². The highest BCUT2D eigenvalue weighted by atomic mass is 16.1. The number of fused-ring (bicyclic) bond motifs is 1. The molecule has 1 aliphatic heterocycles. The number of aryl methyl sites for hydroxylation is 2. The van der Waals surface area contributed by atoms with Crippen LogP contribution in [0, 0.1) is 13.8 Å². The number of hydrogen-bond donors (Lipinski definition) is 1. The van der Waals surface area contributed by atoms with Crippen LogP contribution >= 0.6 is 0 Å². The smallest absolute Gasteiger partial charge is 0.251 e. The van der Waals surface area contributed by atoms with Gasteiger partial charge in [-0.1, -0.05) is 59.7 Å². The van der Waals surface area contributed by atoms with Crippen molar-refractivity contribution in [3.05, 3.63) is 82.9 Å². The summed E-state index contributed by atoms with van der Waals surface area (Å²) in [4.78, 5) is 15.4. The predicted molar refractivity (Wildman–Crippen MR) is 116 cm³/mol. The Morgan fingerprint density at radius 1 is 0.964 bits per heavy atom. The molecular weight excluding hydrogens is 344 g/mol. The average molecular weight is 373 g/mol. The Hall–Kier alpha value is -2.65. The van der Waals surface area contributed by atoms with E-state index in [0.29, 0.717) is 6.54 Å². The normalized spacial score (nSPS) is 15.6.